The summed E-state index contributed by atoms with van der Waals surface area (Å²) < 4.78 is 11.0. The molecule has 106 valence electrons. The zero-order chi connectivity index (χ0) is 14.1. The molecular weight excluding hydrogens is 328 g/mol. The molecule has 0 unspecified atom stereocenters. The van der Waals surface area contributed by atoms with Crippen LogP contribution in [-0.4, -0.2) is 45.7 Å². The van der Waals surface area contributed by atoms with Crippen molar-refractivity contribution in [2.45, 2.75) is 18.6 Å². The van der Waals surface area contributed by atoms with E-state index in [1.54, 1.807) is 18.1 Å². The van der Waals surface area contributed by atoms with E-state index in [1.807, 2.05) is 0 Å². The molecule has 1 saturated heterocycles. The van der Waals surface area contributed by atoms with E-state index in [4.69, 9.17) is 9.15 Å². The first-order valence-electron chi connectivity index (χ1n) is 6.12. The van der Waals surface area contributed by atoms with Gasteiger partial charge in [-0.15, -0.1) is 0 Å². The molecule has 8 heteroatoms. The number of H-pyrrole nitrogens is 1. The van der Waals surface area contributed by atoms with Crippen molar-refractivity contribution in [1.82, 2.24) is 20.1 Å². The Balaban J connectivity index is 1.87. The average molecular weight is 341 g/mol. The summed E-state index contributed by atoms with van der Waals surface area (Å²) >= 11 is 3.20. The van der Waals surface area contributed by atoms with Crippen LogP contribution in [0.5, 0.6) is 0 Å². The lowest BCUT2D eigenvalue weighted by molar-refractivity contribution is 0.0683. The highest BCUT2D eigenvalue weighted by Gasteiger charge is 2.38. The van der Waals surface area contributed by atoms with Crippen molar-refractivity contribution in [3.63, 3.8) is 0 Å². The molecule has 1 amide bonds. The van der Waals surface area contributed by atoms with Crippen LogP contribution in [0.3, 0.4) is 0 Å². The summed E-state index contributed by atoms with van der Waals surface area (Å²) in [4.78, 5) is 18.4. The van der Waals surface area contributed by atoms with E-state index in [0.29, 0.717) is 29.0 Å². The van der Waals surface area contributed by atoms with Crippen LogP contribution < -0.4 is 0 Å². The van der Waals surface area contributed by atoms with Crippen LogP contribution in [-0.2, 0) is 4.74 Å². The average Bonchev–Trinajstić information content (AvgIpc) is 3.17. The van der Waals surface area contributed by atoms with Gasteiger partial charge in [-0.1, -0.05) is 0 Å². The SMILES string of the molecule is CO[C@@H]1C[C@@H](c2ncn[nH]2)N(C(=O)c2coc(Br)c2)C1. The van der Waals surface area contributed by atoms with Crippen LogP contribution in [0.1, 0.15) is 28.6 Å². The predicted molar refractivity (Wildman–Crippen MR) is 72.0 cm³/mol. The third kappa shape index (κ3) is 2.36. The first kappa shape index (κ1) is 13.3. The molecule has 3 rings (SSSR count). The number of furan rings is 1. The van der Waals surface area contributed by atoms with Crippen LogP contribution in [0, 0.1) is 0 Å². The second-order valence-corrected chi connectivity index (χ2v) is 5.36. The fourth-order valence-corrected chi connectivity index (χ4v) is 2.76. The van der Waals surface area contributed by atoms with E-state index in [1.165, 1.54) is 12.6 Å². The number of aromatic amines is 1. The molecule has 2 atom stereocenters. The number of nitrogens with one attached hydrogen (secondary N) is 1. The van der Waals surface area contributed by atoms with Gasteiger partial charge in [0.1, 0.15) is 18.4 Å². The second kappa shape index (κ2) is 5.37. The fourth-order valence-electron chi connectivity index (χ4n) is 2.42. The summed E-state index contributed by atoms with van der Waals surface area (Å²) in [5, 5.41) is 6.67. The third-order valence-corrected chi connectivity index (χ3v) is 3.84. The first-order valence-corrected chi connectivity index (χ1v) is 6.91. The number of halogens is 1. The van der Waals surface area contributed by atoms with Gasteiger partial charge in [-0.05, 0) is 15.9 Å². The standard InChI is InChI=1S/C12H13BrN4O3/c1-19-8-3-9(11-14-6-15-16-11)17(4-8)12(18)7-2-10(13)20-5-7/h2,5-6,8-9H,3-4H2,1H3,(H,14,15,16)/t8-,9+/m1/s1. The van der Waals surface area contributed by atoms with E-state index in [0.717, 1.165) is 0 Å². The summed E-state index contributed by atoms with van der Waals surface area (Å²) in [5.74, 6) is 0.556. The van der Waals surface area contributed by atoms with Crippen LogP contribution in [0.15, 0.2) is 27.7 Å². The molecule has 0 aromatic carbocycles. The normalized spacial score (nSPS) is 22.4. The van der Waals surface area contributed by atoms with E-state index >= 15 is 0 Å². The minimum atomic E-state index is -0.163. The monoisotopic (exact) mass is 340 g/mol. The highest BCUT2D eigenvalue weighted by atomic mass is 79.9. The molecule has 1 aliphatic heterocycles. The molecule has 0 bridgehead atoms. The zero-order valence-corrected chi connectivity index (χ0v) is 12.3. The number of rotatable bonds is 3. The Bertz CT molecular complexity index is 598. The van der Waals surface area contributed by atoms with E-state index in [9.17, 15) is 4.79 Å². The zero-order valence-electron chi connectivity index (χ0n) is 10.7. The van der Waals surface area contributed by atoms with Gasteiger partial charge in [-0.25, -0.2) is 4.98 Å². The molecule has 0 aliphatic carbocycles. The van der Waals surface area contributed by atoms with Gasteiger partial charge in [0, 0.05) is 26.1 Å². The number of nitrogens with zero attached hydrogens (tertiary/aromatic N) is 3. The Hall–Kier alpha value is -1.67. The van der Waals surface area contributed by atoms with Gasteiger partial charge in [0.15, 0.2) is 4.67 Å². The molecule has 1 aliphatic rings. The van der Waals surface area contributed by atoms with Crippen LogP contribution in [0.25, 0.3) is 0 Å². The lowest BCUT2D eigenvalue weighted by Crippen LogP contribution is -2.32. The quantitative estimate of drug-likeness (QED) is 0.920. The Morgan fingerprint density at radius 3 is 3.10 bits per heavy atom. The molecule has 2 aromatic rings. The minimum absolute atomic E-state index is 0.00982. The number of carbonyl (C=O) groups excluding carboxylic acids is 1. The van der Waals surface area contributed by atoms with Gasteiger partial charge in [0.25, 0.3) is 5.91 Å². The Morgan fingerprint density at radius 2 is 2.50 bits per heavy atom. The number of ether oxygens (including phenoxy) is 1. The van der Waals surface area contributed by atoms with Crippen molar-refractivity contribution in [2.24, 2.45) is 0 Å². The molecule has 1 N–H and O–H groups in total. The smallest absolute Gasteiger partial charge is 0.257 e. The van der Waals surface area contributed by atoms with Crippen molar-refractivity contribution < 1.29 is 13.9 Å². The summed E-state index contributed by atoms with van der Waals surface area (Å²) in [7, 11) is 1.64. The van der Waals surface area contributed by atoms with Gasteiger partial charge >= 0.3 is 0 Å². The lowest BCUT2D eigenvalue weighted by atomic mass is 10.2. The highest BCUT2D eigenvalue weighted by molar-refractivity contribution is 9.10. The molecule has 0 saturated carbocycles. The van der Waals surface area contributed by atoms with Crippen molar-refractivity contribution in [3.05, 3.63) is 34.7 Å². The van der Waals surface area contributed by atoms with Gasteiger partial charge in [-0.2, -0.15) is 5.10 Å². The highest BCUT2D eigenvalue weighted by Crippen LogP contribution is 2.33. The van der Waals surface area contributed by atoms with Gasteiger partial charge in [0.2, 0.25) is 0 Å². The van der Waals surface area contributed by atoms with Gasteiger partial charge < -0.3 is 14.1 Å². The molecular formula is C12H13BrN4O3. The topological polar surface area (TPSA) is 84.3 Å². The van der Waals surface area contributed by atoms with Crippen LogP contribution >= 0.6 is 15.9 Å². The maximum atomic E-state index is 12.6. The van der Waals surface area contributed by atoms with Crippen molar-refractivity contribution in [2.75, 3.05) is 13.7 Å². The number of hydrogen-bond donors (Lipinski definition) is 1. The third-order valence-electron chi connectivity index (χ3n) is 3.42. The van der Waals surface area contributed by atoms with Crippen LogP contribution in [0.2, 0.25) is 0 Å². The minimum Gasteiger partial charge on any atom is -0.457 e. The molecule has 20 heavy (non-hydrogen) atoms. The molecule has 7 nitrogen and oxygen atoms in total. The molecule has 1 fully saturated rings. The molecule has 0 spiro atoms. The van der Waals surface area contributed by atoms with Gasteiger partial charge in [0.05, 0.1) is 17.7 Å². The van der Waals surface area contributed by atoms with E-state index in [2.05, 4.69) is 31.1 Å². The maximum Gasteiger partial charge on any atom is 0.257 e. The molecule has 3 heterocycles. The van der Waals surface area contributed by atoms with Crippen molar-refractivity contribution in [1.29, 1.82) is 0 Å². The number of likely N-dealkylation sites (tertiary alicyclic amines) is 1. The second-order valence-electron chi connectivity index (χ2n) is 4.58. The van der Waals surface area contributed by atoms with Gasteiger partial charge in [-0.3, -0.25) is 9.89 Å². The lowest BCUT2D eigenvalue weighted by Gasteiger charge is -2.21. The maximum absolute atomic E-state index is 12.6. The number of methoxy groups -OCH3 is 1. The summed E-state index contributed by atoms with van der Waals surface area (Å²) in [6, 6.07) is 1.49. The van der Waals surface area contributed by atoms with E-state index < -0.39 is 0 Å². The number of hydrogen-bond acceptors (Lipinski definition) is 5. The first-order chi connectivity index (χ1) is 9.69. The molecule has 0 radical (unpaired) electrons. The number of amides is 1. The Labute approximate surface area is 123 Å². The van der Waals surface area contributed by atoms with E-state index in [-0.39, 0.29) is 18.1 Å². The molecule has 2 aromatic heterocycles. The summed E-state index contributed by atoms with van der Waals surface area (Å²) in [5.41, 5.74) is 0.498. The fraction of sp³-hybridized carbons (Fsp3) is 0.417. The van der Waals surface area contributed by atoms with Crippen molar-refractivity contribution in [3.8, 4) is 0 Å². The summed E-state index contributed by atoms with van der Waals surface area (Å²) in [6.45, 7) is 0.517. The Morgan fingerprint density at radius 1 is 1.65 bits per heavy atom. The Kier molecular flexibility index (Phi) is 3.58. The number of carbonyl (C=O) groups is 1. The number of aromatic nitrogens is 3. The largest absolute Gasteiger partial charge is 0.457 e. The predicted octanol–water partition coefficient (Wildman–Crippen LogP) is 1.76. The van der Waals surface area contributed by atoms with Crippen LogP contribution in [0.4, 0.5) is 0 Å². The van der Waals surface area contributed by atoms with Crippen molar-refractivity contribution >= 4 is 21.8 Å². The summed E-state index contributed by atoms with van der Waals surface area (Å²) in [6.07, 6.45) is 3.55.